The average Bonchev–Trinajstić information content (AvgIpc) is 3.27. The molecule has 1 saturated carbocycles. The van der Waals surface area contributed by atoms with Gasteiger partial charge in [-0.25, -0.2) is 4.79 Å². The quantitative estimate of drug-likeness (QED) is 0.431. The normalized spacial score (nSPS) is 14.1. The van der Waals surface area contributed by atoms with Gasteiger partial charge in [-0.3, -0.25) is 23.8 Å². The van der Waals surface area contributed by atoms with E-state index in [1.807, 2.05) is 38.6 Å². The Morgan fingerprint density at radius 1 is 1.09 bits per heavy atom. The maximum Gasteiger partial charge on any atom is 0.333 e. The Kier molecular flexibility index (Phi) is 4.76. The van der Waals surface area contributed by atoms with E-state index in [0.717, 1.165) is 62.6 Å². The van der Waals surface area contributed by atoms with Crippen LogP contribution >= 0.6 is 0 Å². The lowest BCUT2D eigenvalue weighted by atomic mass is 9.85. The first kappa shape index (κ1) is 20.7. The van der Waals surface area contributed by atoms with Crippen molar-refractivity contribution in [1.82, 2.24) is 28.9 Å². The molecule has 172 valence electrons. The molecule has 4 aromatic heterocycles. The molecule has 1 aliphatic rings. The minimum Gasteiger partial charge on any atom is -0.384 e. The molecule has 5 aromatic rings. The van der Waals surface area contributed by atoms with E-state index < -0.39 is 0 Å². The van der Waals surface area contributed by atoms with Crippen molar-refractivity contribution in [3.05, 3.63) is 65.2 Å². The van der Waals surface area contributed by atoms with E-state index in [1.54, 1.807) is 27.1 Å². The van der Waals surface area contributed by atoms with Gasteiger partial charge in [0.05, 0.1) is 39.8 Å². The standard InChI is InChI=1S/C26H27N7O/c1-16-24(15-31(2)30-16)33-25-21-10-18(7-8-22(21)29-14-23(25)32(3)26(33)34)19-9-20(13-27-12-19)28-11-17-5-4-6-17/h7-10,12-15,17,28H,4-6,11H2,1-3H3. The summed E-state index contributed by atoms with van der Waals surface area (Å²) in [5, 5.41) is 8.92. The number of imidazole rings is 1. The molecular formula is C26H27N7O. The van der Waals surface area contributed by atoms with Gasteiger partial charge in [-0.05, 0) is 49.4 Å². The molecule has 0 saturated heterocycles. The number of nitrogens with one attached hydrogen (secondary N) is 1. The summed E-state index contributed by atoms with van der Waals surface area (Å²) < 4.78 is 5.13. The monoisotopic (exact) mass is 453 g/mol. The Hall–Kier alpha value is -3.94. The topological polar surface area (TPSA) is 82.6 Å². The molecule has 0 amide bonds. The van der Waals surface area contributed by atoms with Crippen molar-refractivity contribution < 1.29 is 0 Å². The zero-order valence-electron chi connectivity index (χ0n) is 19.6. The molecule has 4 heterocycles. The van der Waals surface area contributed by atoms with E-state index in [1.165, 1.54) is 19.3 Å². The predicted molar refractivity (Wildman–Crippen MR) is 134 cm³/mol. The second kappa shape index (κ2) is 7.83. The van der Waals surface area contributed by atoms with Gasteiger partial charge in [0.2, 0.25) is 0 Å². The highest BCUT2D eigenvalue weighted by atomic mass is 16.1. The van der Waals surface area contributed by atoms with E-state index in [4.69, 9.17) is 0 Å². The van der Waals surface area contributed by atoms with Crippen LogP contribution in [0.4, 0.5) is 5.69 Å². The molecule has 8 heteroatoms. The van der Waals surface area contributed by atoms with Gasteiger partial charge in [0.15, 0.2) is 0 Å². The third-order valence-corrected chi connectivity index (χ3v) is 7.00. The van der Waals surface area contributed by atoms with E-state index >= 15 is 0 Å². The summed E-state index contributed by atoms with van der Waals surface area (Å²) >= 11 is 0. The fourth-order valence-electron chi connectivity index (χ4n) is 4.86. The number of hydrogen-bond acceptors (Lipinski definition) is 5. The van der Waals surface area contributed by atoms with Gasteiger partial charge in [-0.1, -0.05) is 12.5 Å². The van der Waals surface area contributed by atoms with Crippen LogP contribution in [0, 0.1) is 12.8 Å². The van der Waals surface area contributed by atoms with Crippen molar-refractivity contribution in [2.45, 2.75) is 26.2 Å². The van der Waals surface area contributed by atoms with Gasteiger partial charge < -0.3 is 5.32 Å². The SMILES string of the molecule is Cc1nn(C)cc1-n1c(=O)n(C)c2cnc3ccc(-c4cncc(NCC5CCC5)c4)cc3c21. The number of anilines is 1. The number of rotatable bonds is 5. The molecule has 1 N–H and O–H groups in total. The Balaban J connectivity index is 1.51. The molecule has 34 heavy (non-hydrogen) atoms. The van der Waals surface area contributed by atoms with E-state index in [9.17, 15) is 4.79 Å². The molecule has 1 aliphatic carbocycles. The van der Waals surface area contributed by atoms with Crippen LogP contribution in [-0.2, 0) is 14.1 Å². The summed E-state index contributed by atoms with van der Waals surface area (Å²) in [6.45, 7) is 2.91. The second-order valence-corrected chi connectivity index (χ2v) is 9.31. The smallest absolute Gasteiger partial charge is 0.333 e. The zero-order valence-corrected chi connectivity index (χ0v) is 19.6. The number of aromatic nitrogens is 6. The first-order chi connectivity index (χ1) is 16.5. The number of nitrogens with zero attached hydrogens (tertiary/aromatic N) is 6. The van der Waals surface area contributed by atoms with Crippen molar-refractivity contribution in [1.29, 1.82) is 0 Å². The van der Waals surface area contributed by atoms with Crippen LogP contribution in [0.5, 0.6) is 0 Å². The summed E-state index contributed by atoms with van der Waals surface area (Å²) in [5.74, 6) is 0.773. The number of benzene rings is 1. The summed E-state index contributed by atoms with van der Waals surface area (Å²) in [5.41, 5.74) is 7.01. The van der Waals surface area contributed by atoms with Gasteiger partial charge in [0.25, 0.3) is 0 Å². The highest BCUT2D eigenvalue weighted by Gasteiger charge is 2.20. The predicted octanol–water partition coefficient (Wildman–Crippen LogP) is 4.19. The van der Waals surface area contributed by atoms with E-state index in [-0.39, 0.29) is 5.69 Å². The number of pyridine rings is 2. The molecule has 0 bridgehead atoms. The summed E-state index contributed by atoms with van der Waals surface area (Å²) in [6.07, 6.45) is 11.4. The van der Waals surface area contributed by atoms with Crippen LogP contribution in [-0.4, -0.2) is 35.4 Å². The Morgan fingerprint density at radius 2 is 1.94 bits per heavy atom. The first-order valence-electron chi connectivity index (χ1n) is 11.7. The van der Waals surface area contributed by atoms with Crippen molar-refractivity contribution in [2.24, 2.45) is 20.0 Å². The first-order valence-corrected chi connectivity index (χ1v) is 11.7. The molecule has 1 fully saturated rings. The van der Waals surface area contributed by atoms with E-state index in [2.05, 4.69) is 38.6 Å². The minimum atomic E-state index is -0.116. The fourth-order valence-corrected chi connectivity index (χ4v) is 4.86. The lowest BCUT2D eigenvalue weighted by molar-refractivity contribution is 0.333. The van der Waals surface area contributed by atoms with Crippen LogP contribution in [0.2, 0.25) is 0 Å². The van der Waals surface area contributed by atoms with Crippen LogP contribution in [0.25, 0.3) is 38.8 Å². The van der Waals surface area contributed by atoms with Crippen molar-refractivity contribution in [3.63, 3.8) is 0 Å². The molecular weight excluding hydrogens is 426 g/mol. The number of hydrogen-bond donors (Lipinski definition) is 1. The molecule has 0 spiro atoms. The Morgan fingerprint density at radius 3 is 2.68 bits per heavy atom. The summed E-state index contributed by atoms with van der Waals surface area (Å²) in [4.78, 5) is 22.4. The molecule has 0 unspecified atom stereocenters. The highest BCUT2D eigenvalue weighted by molar-refractivity contribution is 6.04. The maximum atomic E-state index is 13.3. The Labute approximate surface area is 196 Å². The molecule has 6 rings (SSSR count). The lowest BCUT2D eigenvalue weighted by Crippen LogP contribution is -2.21. The van der Waals surface area contributed by atoms with Crippen molar-refractivity contribution >= 4 is 27.6 Å². The third kappa shape index (κ3) is 3.29. The molecule has 1 aromatic carbocycles. The summed E-state index contributed by atoms with van der Waals surface area (Å²) in [7, 11) is 3.65. The fraction of sp³-hybridized carbons (Fsp3) is 0.308. The highest BCUT2D eigenvalue weighted by Crippen LogP contribution is 2.31. The molecule has 0 aliphatic heterocycles. The molecule has 8 nitrogen and oxygen atoms in total. The van der Waals surface area contributed by atoms with E-state index in [0.29, 0.717) is 0 Å². The molecule has 0 atom stereocenters. The van der Waals surface area contributed by atoms with Gasteiger partial charge in [-0.2, -0.15) is 5.10 Å². The van der Waals surface area contributed by atoms with Crippen molar-refractivity contribution in [3.8, 4) is 16.8 Å². The second-order valence-electron chi connectivity index (χ2n) is 9.31. The van der Waals surface area contributed by atoms with Gasteiger partial charge in [0.1, 0.15) is 0 Å². The largest absolute Gasteiger partial charge is 0.384 e. The van der Waals surface area contributed by atoms with Crippen LogP contribution in [0.1, 0.15) is 25.0 Å². The van der Waals surface area contributed by atoms with Gasteiger partial charge in [0, 0.05) is 50.2 Å². The zero-order chi connectivity index (χ0) is 23.4. The average molecular weight is 454 g/mol. The molecule has 0 radical (unpaired) electrons. The van der Waals surface area contributed by atoms with Crippen LogP contribution < -0.4 is 11.0 Å². The maximum absolute atomic E-state index is 13.3. The van der Waals surface area contributed by atoms with Crippen LogP contribution in [0.3, 0.4) is 0 Å². The lowest BCUT2D eigenvalue weighted by Gasteiger charge is -2.25. The van der Waals surface area contributed by atoms with Gasteiger partial charge >= 0.3 is 5.69 Å². The van der Waals surface area contributed by atoms with Crippen LogP contribution in [0.15, 0.2) is 53.8 Å². The number of aryl methyl sites for hydroxylation is 3. The third-order valence-electron chi connectivity index (χ3n) is 7.00. The minimum absolute atomic E-state index is 0.116. The number of fused-ring (bicyclic) bond motifs is 3. The van der Waals surface area contributed by atoms with Crippen molar-refractivity contribution in [2.75, 3.05) is 11.9 Å². The Bertz CT molecular complexity index is 1600. The van der Waals surface area contributed by atoms with Gasteiger partial charge in [-0.15, -0.1) is 0 Å². The summed E-state index contributed by atoms with van der Waals surface area (Å²) in [6, 6.07) is 8.33.